The molecule has 0 bridgehead atoms. The fraction of sp³-hybridized carbons (Fsp3) is 0.0833. The zero-order chi connectivity index (χ0) is 14.0. The number of hydrogen-bond acceptors (Lipinski definition) is 4. The molecule has 3 N–H and O–H groups in total. The van der Waals surface area contributed by atoms with Gasteiger partial charge in [-0.1, -0.05) is 6.07 Å². The number of benzene rings is 1. The van der Waals surface area contributed by atoms with Gasteiger partial charge in [0.2, 0.25) is 0 Å². The van der Waals surface area contributed by atoms with Gasteiger partial charge in [0.25, 0.3) is 10.0 Å². The van der Waals surface area contributed by atoms with Crippen molar-refractivity contribution in [3.63, 3.8) is 0 Å². The van der Waals surface area contributed by atoms with E-state index in [-0.39, 0.29) is 10.7 Å². The van der Waals surface area contributed by atoms with Gasteiger partial charge in [-0.3, -0.25) is 4.72 Å². The number of nitrogens with one attached hydrogen (secondary N) is 1. The molecular weight excluding hydrogens is 330 g/mol. The summed E-state index contributed by atoms with van der Waals surface area (Å²) >= 11 is 3.20. The molecule has 7 heteroatoms. The lowest BCUT2D eigenvalue weighted by molar-refractivity contribution is 0.600. The van der Waals surface area contributed by atoms with Crippen LogP contribution in [0.4, 0.5) is 11.5 Å². The van der Waals surface area contributed by atoms with E-state index in [1.165, 1.54) is 6.07 Å². The quantitative estimate of drug-likeness (QED) is 0.840. The molecule has 1 aromatic carbocycles. The molecule has 0 aliphatic heterocycles. The van der Waals surface area contributed by atoms with Crippen LogP contribution in [0.1, 0.15) is 5.56 Å². The fourth-order valence-electron chi connectivity index (χ4n) is 1.45. The van der Waals surface area contributed by atoms with Crippen LogP contribution in [-0.4, -0.2) is 13.4 Å². The van der Waals surface area contributed by atoms with Crippen molar-refractivity contribution in [1.29, 1.82) is 0 Å². The molecule has 0 radical (unpaired) electrons. The Balaban J connectivity index is 2.37. The van der Waals surface area contributed by atoms with Gasteiger partial charge >= 0.3 is 0 Å². The molecule has 2 rings (SSSR count). The number of aromatic nitrogens is 1. The molecule has 5 nitrogen and oxygen atoms in total. The summed E-state index contributed by atoms with van der Waals surface area (Å²) in [6.07, 6.45) is 1.59. The van der Waals surface area contributed by atoms with Crippen LogP contribution >= 0.6 is 15.9 Å². The van der Waals surface area contributed by atoms with E-state index in [1.54, 1.807) is 30.5 Å². The summed E-state index contributed by atoms with van der Waals surface area (Å²) in [6, 6.07) is 7.98. The summed E-state index contributed by atoms with van der Waals surface area (Å²) in [6.45, 7) is 1.87. The van der Waals surface area contributed by atoms with Gasteiger partial charge in [-0.2, -0.15) is 0 Å². The molecular formula is C12H12BrN3O2S. The number of sulfonamides is 1. The molecule has 0 spiro atoms. The van der Waals surface area contributed by atoms with Crippen LogP contribution < -0.4 is 10.5 Å². The minimum Gasteiger partial charge on any atom is -0.399 e. The molecule has 1 heterocycles. The second-order valence-corrected chi connectivity index (χ2v) is 6.52. The van der Waals surface area contributed by atoms with E-state index in [2.05, 4.69) is 25.6 Å². The van der Waals surface area contributed by atoms with E-state index in [4.69, 9.17) is 5.73 Å². The highest BCUT2D eigenvalue weighted by molar-refractivity contribution is 9.10. The Hall–Kier alpha value is -1.60. The molecule has 100 valence electrons. The maximum atomic E-state index is 12.2. The first-order chi connectivity index (χ1) is 8.88. The van der Waals surface area contributed by atoms with Gasteiger partial charge < -0.3 is 5.73 Å². The molecule has 0 saturated heterocycles. The SMILES string of the molecule is Cc1ccc(NS(=O)(=O)c2cc(N)ccc2Br)nc1. The lowest BCUT2D eigenvalue weighted by atomic mass is 10.3. The van der Waals surface area contributed by atoms with Crippen molar-refractivity contribution in [3.8, 4) is 0 Å². The smallest absolute Gasteiger partial charge is 0.264 e. The highest BCUT2D eigenvalue weighted by Gasteiger charge is 2.18. The van der Waals surface area contributed by atoms with Crippen LogP contribution in [0, 0.1) is 6.92 Å². The number of hydrogen-bond donors (Lipinski definition) is 2. The monoisotopic (exact) mass is 341 g/mol. The van der Waals surface area contributed by atoms with Crippen molar-refractivity contribution in [1.82, 2.24) is 4.98 Å². The topological polar surface area (TPSA) is 85.1 Å². The predicted molar refractivity (Wildman–Crippen MR) is 78.3 cm³/mol. The second kappa shape index (κ2) is 5.18. The normalized spacial score (nSPS) is 11.3. The fourth-order valence-corrected chi connectivity index (χ4v) is 3.45. The Morgan fingerprint density at radius 1 is 1.26 bits per heavy atom. The van der Waals surface area contributed by atoms with Crippen LogP contribution in [0.5, 0.6) is 0 Å². The molecule has 1 aromatic heterocycles. The lowest BCUT2D eigenvalue weighted by Crippen LogP contribution is -2.14. The Morgan fingerprint density at radius 3 is 2.63 bits per heavy atom. The number of nitrogen functional groups attached to an aromatic ring is 1. The third kappa shape index (κ3) is 3.24. The first-order valence-corrected chi connectivity index (χ1v) is 7.66. The maximum absolute atomic E-state index is 12.2. The number of rotatable bonds is 3. The molecule has 0 fully saturated rings. The van der Waals surface area contributed by atoms with Crippen molar-refractivity contribution < 1.29 is 8.42 Å². The van der Waals surface area contributed by atoms with Crippen LogP contribution in [0.2, 0.25) is 0 Å². The van der Waals surface area contributed by atoms with Gasteiger partial charge in [0, 0.05) is 16.4 Å². The maximum Gasteiger partial charge on any atom is 0.264 e. The van der Waals surface area contributed by atoms with Crippen molar-refractivity contribution >= 4 is 37.5 Å². The van der Waals surface area contributed by atoms with Crippen LogP contribution in [0.3, 0.4) is 0 Å². The Bertz CT molecular complexity index is 699. The summed E-state index contributed by atoms with van der Waals surface area (Å²) in [5.74, 6) is 0.264. The molecule has 2 aromatic rings. The standard InChI is InChI=1S/C12H12BrN3O2S/c1-8-2-5-12(15-7-8)16-19(17,18)11-6-9(14)3-4-10(11)13/h2-7H,14H2,1H3,(H,15,16). The lowest BCUT2D eigenvalue weighted by Gasteiger charge is -2.09. The number of anilines is 2. The van der Waals surface area contributed by atoms with E-state index >= 15 is 0 Å². The summed E-state index contributed by atoms with van der Waals surface area (Å²) in [4.78, 5) is 4.08. The molecule has 0 amide bonds. The molecule has 0 unspecified atom stereocenters. The number of nitrogens with two attached hydrogens (primary N) is 1. The molecule has 0 aliphatic carbocycles. The van der Waals surface area contributed by atoms with Crippen LogP contribution in [0.25, 0.3) is 0 Å². The Morgan fingerprint density at radius 2 is 2.00 bits per heavy atom. The average Bonchev–Trinajstić information content (AvgIpc) is 2.35. The zero-order valence-corrected chi connectivity index (χ0v) is 12.5. The van der Waals surface area contributed by atoms with E-state index in [0.717, 1.165) is 5.56 Å². The van der Waals surface area contributed by atoms with Gasteiger partial charge in [-0.25, -0.2) is 13.4 Å². The van der Waals surface area contributed by atoms with Crippen LogP contribution in [-0.2, 0) is 10.0 Å². The highest BCUT2D eigenvalue weighted by Crippen LogP contribution is 2.25. The van der Waals surface area contributed by atoms with Crippen molar-refractivity contribution in [2.75, 3.05) is 10.5 Å². The molecule has 19 heavy (non-hydrogen) atoms. The first-order valence-electron chi connectivity index (χ1n) is 5.39. The third-order valence-electron chi connectivity index (χ3n) is 2.40. The summed E-state index contributed by atoms with van der Waals surface area (Å²) in [5.41, 5.74) is 6.94. The van der Waals surface area contributed by atoms with Crippen LogP contribution in [0.15, 0.2) is 45.9 Å². The van der Waals surface area contributed by atoms with E-state index < -0.39 is 10.0 Å². The Kier molecular flexibility index (Phi) is 3.77. The summed E-state index contributed by atoms with van der Waals surface area (Å²) < 4.78 is 27.3. The molecule has 0 saturated carbocycles. The van der Waals surface area contributed by atoms with E-state index in [9.17, 15) is 8.42 Å². The molecule has 0 aliphatic rings. The third-order valence-corrected chi connectivity index (χ3v) is 4.74. The minimum absolute atomic E-state index is 0.0786. The van der Waals surface area contributed by atoms with Crippen molar-refractivity contribution in [2.45, 2.75) is 11.8 Å². The average molecular weight is 342 g/mol. The number of pyridine rings is 1. The van der Waals surface area contributed by atoms with Crippen molar-refractivity contribution in [2.24, 2.45) is 0 Å². The number of nitrogens with zero attached hydrogens (tertiary/aromatic N) is 1. The van der Waals surface area contributed by atoms with Gasteiger partial charge in [0.1, 0.15) is 10.7 Å². The van der Waals surface area contributed by atoms with Gasteiger partial charge in [0.15, 0.2) is 0 Å². The Labute approximate surface area is 120 Å². The predicted octanol–water partition coefficient (Wildman–Crippen LogP) is 2.54. The van der Waals surface area contributed by atoms with Crippen molar-refractivity contribution in [3.05, 3.63) is 46.6 Å². The number of aryl methyl sites for hydroxylation is 1. The van der Waals surface area contributed by atoms with E-state index in [0.29, 0.717) is 10.2 Å². The number of halogens is 1. The zero-order valence-electron chi connectivity index (χ0n) is 10.1. The first kappa shape index (κ1) is 13.8. The largest absolute Gasteiger partial charge is 0.399 e. The van der Waals surface area contributed by atoms with E-state index in [1.807, 2.05) is 6.92 Å². The summed E-state index contributed by atoms with van der Waals surface area (Å²) in [7, 11) is -3.72. The summed E-state index contributed by atoms with van der Waals surface area (Å²) in [5, 5.41) is 0. The van der Waals surface area contributed by atoms with Gasteiger partial charge in [-0.05, 0) is 52.7 Å². The highest BCUT2D eigenvalue weighted by atomic mass is 79.9. The molecule has 0 atom stereocenters. The minimum atomic E-state index is -3.72. The van der Waals surface area contributed by atoms with Gasteiger partial charge in [-0.15, -0.1) is 0 Å². The van der Waals surface area contributed by atoms with Gasteiger partial charge in [0.05, 0.1) is 0 Å². The second-order valence-electron chi connectivity index (χ2n) is 4.02.